The quantitative estimate of drug-likeness (QED) is 0.822. The average Bonchev–Trinajstić information content (AvgIpc) is 2.33. The Bertz CT molecular complexity index is 385. The third-order valence-corrected chi connectivity index (χ3v) is 2.63. The lowest BCUT2D eigenvalue weighted by Crippen LogP contribution is -2.42. The van der Waals surface area contributed by atoms with Gasteiger partial charge in [0.2, 0.25) is 11.8 Å². The number of carbonyl (C=O) groups excluding carboxylic acids is 1. The second-order valence-electron chi connectivity index (χ2n) is 3.98. The lowest BCUT2D eigenvalue weighted by Gasteiger charge is -2.23. The summed E-state index contributed by atoms with van der Waals surface area (Å²) < 4.78 is 5.33. The number of amides is 1. The molecule has 1 saturated heterocycles. The molecule has 2 rings (SSSR count). The van der Waals surface area contributed by atoms with E-state index in [1.54, 1.807) is 0 Å². The Morgan fingerprint density at radius 1 is 1.59 bits per heavy atom. The van der Waals surface area contributed by atoms with Crippen molar-refractivity contribution >= 4 is 11.7 Å². The fourth-order valence-electron chi connectivity index (χ4n) is 1.79. The number of hydrogen-bond donors (Lipinski definition) is 2. The molecule has 17 heavy (non-hydrogen) atoms. The van der Waals surface area contributed by atoms with Crippen molar-refractivity contribution in [2.75, 3.05) is 18.5 Å². The smallest absolute Gasteiger partial charge is 0.220 e. The summed E-state index contributed by atoms with van der Waals surface area (Å²) in [7, 11) is 0. The Kier molecular flexibility index (Phi) is 3.80. The predicted molar refractivity (Wildman–Crippen MR) is 65.1 cm³/mol. The van der Waals surface area contributed by atoms with E-state index in [-0.39, 0.29) is 11.9 Å². The van der Waals surface area contributed by atoms with E-state index in [0.717, 1.165) is 12.2 Å². The van der Waals surface area contributed by atoms with Crippen LogP contribution >= 0.6 is 0 Å². The number of nitrogens with zero attached hydrogens (tertiary/aromatic N) is 1. The van der Waals surface area contributed by atoms with Crippen LogP contribution in [0, 0.1) is 0 Å². The molecule has 1 aliphatic rings. The molecule has 0 saturated carbocycles. The van der Waals surface area contributed by atoms with E-state index in [0.29, 0.717) is 25.5 Å². The second-order valence-corrected chi connectivity index (χ2v) is 3.98. The van der Waals surface area contributed by atoms with Gasteiger partial charge in [0, 0.05) is 25.1 Å². The van der Waals surface area contributed by atoms with Crippen LogP contribution in [0.25, 0.3) is 0 Å². The van der Waals surface area contributed by atoms with Gasteiger partial charge in [0.25, 0.3) is 0 Å². The molecule has 0 aromatic carbocycles. The average molecular weight is 235 g/mol. The van der Waals surface area contributed by atoms with Crippen LogP contribution < -0.4 is 15.4 Å². The van der Waals surface area contributed by atoms with Gasteiger partial charge in [-0.2, -0.15) is 4.98 Å². The van der Waals surface area contributed by atoms with Crippen molar-refractivity contribution < 1.29 is 9.53 Å². The molecule has 1 amide bonds. The molecule has 1 aromatic rings. The first-order valence-electron chi connectivity index (χ1n) is 5.91. The van der Waals surface area contributed by atoms with E-state index in [2.05, 4.69) is 15.6 Å². The highest BCUT2D eigenvalue weighted by atomic mass is 16.5. The van der Waals surface area contributed by atoms with E-state index < -0.39 is 0 Å². The minimum Gasteiger partial charge on any atom is -0.478 e. The second kappa shape index (κ2) is 5.52. The van der Waals surface area contributed by atoms with E-state index in [1.165, 1.54) is 0 Å². The highest BCUT2D eigenvalue weighted by Crippen LogP contribution is 2.14. The van der Waals surface area contributed by atoms with Gasteiger partial charge < -0.3 is 15.4 Å². The maximum absolute atomic E-state index is 11.0. The Hall–Kier alpha value is -1.78. The summed E-state index contributed by atoms with van der Waals surface area (Å²) in [6.07, 6.45) is 1.41. The van der Waals surface area contributed by atoms with Crippen LogP contribution in [-0.4, -0.2) is 30.1 Å². The van der Waals surface area contributed by atoms with Gasteiger partial charge in [-0.15, -0.1) is 0 Å². The molecule has 1 unspecified atom stereocenters. The van der Waals surface area contributed by atoms with Gasteiger partial charge in [0.05, 0.1) is 6.61 Å². The molecule has 5 heteroatoms. The maximum Gasteiger partial charge on any atom is 0.220 e. The summed E-state index contributed by atoms with van der Waals surface area (Å²) in [5, 5.41) is 6.13. The van der Waals surface area contributed by atoms with Gasteiger partial charge in [-0.3, -0.25) is 4.79 Å². The minimum atomic E-state index is 0.124. The van der Waals surface area contributed by atoms with Crippen LogP contribution in [-0.2, 0) is 4.79 Å². The number of piperidine rings is 1. The fraction of sp³-hybridized carbons (Fsp3) is 0.500. The number of anilines is 1. The Balaban J connectivity index is 1.93. The number of nitrogens with one attached hydrogen (secondary N) is 2. The number of ether oxygens (including phenoxy) is 1. The summed E-state index contributed by atoms with van der Waals surface area (Å²) in [4.78, 5) is 15.4. The van der Waals surface area contributed by atoms with Gasteiger partial charge in [-0.25, -0.2) is 0 Å². The molecule has 0 radical (unpaired) electrons. The van der Waals surface area contributed by atoms with Crippen molar-refractivity contribution in [1.82, 2.24) is 10.3 Å². The van der Waals surface area contributed by atoms with Crippen LogP contribution in [0.5, 0.6) is 5.88 Å². The number of aromatic nitrogens is 1. The molecule has 5 nitrogen and oxygen atoms in total. The van der Waals surface area contributed by atoms with Crippen molar-refractivity contribution in [2.45, 2.75) is 25.8 Å². The zero-order valence-electron chi connectivity index (χ0n) is 9.90. The van der Waals surface area contributed by atoms with Crippen LogP contribution in [0.2, 0.25) is 0 Å². The molecule has 0 spiro atoms. The topological polar surface area (TPSA) is 63.2 Å². The van der Waals surface area contributed by atoms with Gasteiger partial charge in [-0.1, -0.05) is 6.07 Å². The Labute approximate surface area is 101 Å². The molecule has 1 atom stereocenters. The van der Waals surface area contributed by atoms with Crippen LogP contribution in [0.15, 0.2) is 18.2 Å². The number of hydrogen-bond acceptors (Lipinski definition) is 4. The largest absolute Gasteiger partial charge is 0.478 e. The standard InChI is InChI=1S/C12H17N3O2/c1-2-17-12-5-3-4-10(15-12)14-9-6-7-11(16)13-8-9/h3-5,9H,2,6-8H2,1H3,(H,13,16)(H,14,15). The monoisotopic (exact) mass is 235 g/mol. The summed E-state index contributed by atoms with van der Waals surface area (Å²) >= 11 is 0. The first-order chi connectivity index (χ1) is 8.28. The van der Waals surface area contributed by atoms with Crippen molar-refractivity contribution in [3.63, 3.8) is 0 Å². The van der Waals surface area contributed by atoms with Gasteiger partial charge >= 0.3 is 0 Å². The van der Waals surface area contributed by atoms with Crippen molar-refractivity contribution in [3.05, 3.63) is 18.2 Å². The molecule has 2 heterocycles. The van der Waals surface area contributed by atoms with Crippen molar-refractivity contribution in [2.24, 2.45) is 0 Å². The zero-order valence-corrected chi connectivity index (χ0v) is 9.90. The normalized spacial score (nSPS) is 19.6. The van der Waals surface area contributed by atoms with Crippen LogP contribution in [0.3, 0.4) is 0 Å². The van der Waals surface area contributed by atoms with E-state index in [9.17, 15) is 4.79 Å². The zero-order chi connectivity index (χ0) is 12.1. The molecule has 92 valence electrons. The minimum absolute atomic E-state index is 0.124. The van der Waals surface area contributed by atoms with Gasteiger partial charge in [0.1, 0.15) is 5.82 Å². The Morgan fingerprint density at radius 2 is 2.47 bits per heavy atom. The van der Waals surface area contributed by atoms with Crippen LogP contribution in [0.1, 0.15) is 19.8 Å². The molecule has 2 N–H and O–H groups in total. The van der Waals surface area contributed by atoms with Gasteiger partial charge in [0.15, 0.2) is 0 Å². The third-order valence-electron chi connectivity index (χ3n) is 2.63. The first kappa shape index (κ1) is 11.7. The number of carbonyl (C=O) groups is 1. The molecular weight excluding hydrogens is 218 g/mol. The lowest BCUT2D eigenvalue weighted by atomic mass is 10.1. The van der Waals surface area contributed by atoms with E-state index >= 15 is 0 Å². The fourth-order valence-corrected chi connectivity index (χ4v) is 1.79. The van der Waals surface area contributed by atoms with Crippen LogP contribution in [0.4, 0.5) is 5.82 Å². The number of rotatable bonds is 4. The molecule has 1 aromatic heterocycles. The summed E-state index contributed by atoms with van der Waals surface area (Å²) in [5.41, 5.74) is 0. The predicted octanol–water partition coefficient (Wildman–Crippen LogP) is 1.17. The van der Waals surface area contributed by atoms with Gasteiger partial charge in [-0.05, 0) is 19.4 Å². The molecular formula is C12H17N3O2. The molecule has 1 aliphatic heterocycles. The highest BCUT2D eigenvalue weighted by Gasteiger charge is 2.17. The molecule has 0 aliphatic carbocycles. The Morgan fingerprint density at radius 3 is 3.18 bits per heavy atom. The first-order valence-corrected chi connectivity index (χ1v) is 5.91. The van der Waals surface area contributed by atoms with E-state index in [1.807, 2.05) is 25.1 Å². The lowest BCUT2D eigenvalue weighted by molar-refractivity contribution is -0.122. The van der Waals surface area contributed by atoms with Crippen molar-refractivity contribution in [1.29, 1.82) is 0 Å². The third kappa shape index (κ3) is 3.34. The molecule has 1 fully saturated rings. The SMILES string of the molecule is CCOc1cccc(NC2CCC(=O)NC2)n1. The number of pyridine rings is 1. The molecule has 0 bridgehead atoms. The summed E-state index contributed by atoms with van der Waals surface area (Å²) in [6, 6.07) is 5.88. The maximum atomic E-state index is 11.0. The summed E-state index contributed by atoms with van der Waals surface area (Å²) in [5.74, 6) is 1.54. The van der Waals surface area contributed by atoms with Crippen molar-refractivity contribution in [3.8, 4) is 5.88 Å². The summed E-state index contributed by atoms with van der Waals surface area (Å²) in [6.45, 7) is 3.19. The highest BCUT2D eigenvalue weighted by molar-refractivity contribution is 5.76. The van der Waals surface area contributed by atoms with E-state index in [4.69, 9.17) is 4.74 Å².